The van der Waals surface area contributed by atoms with Crippen LogP contribution in [0.2, 0.25) is 0 Å². The van der Waals surface area contributed by atoms with E-state index in [-0.39, 0.29) is 6.42 Å². The molecule has 1 aromatic rings. The molecule has 1 saturated carbocycles. The molecule has 1 atom stereocenters. The summed E-state index contributed by atoms with van der Waals surface area (Å²) in [6, 6.07) is 9.56. The number of benzene rings is 1. The van der Waals surface area contributed by atoms with Crippen LogP contribution >= 0.6 is 0 Å². The Labute approximate surface area is 88.9 Å². The molecule has 0 saturated heterocycles. The van der Waals surface area contributed by atoms with E-state index in [0.29, 0.717) is 5.92 Å². The Morgan fingerprint density at radius 3 is 2.47 bits per heavy atom. The van der Waals surface area contributed by atoms with Gasteiger partial charge in [-0.3, -0.25) is 4.79 Å². The molecule has 0 aromatic heterocycles. The first-order valence-electron chi connectivity index (χ1n) is 5.19. The van der Waals surface area contributed by atoms with Crippen molar-refractivity contribution in [2.75, 3.05) is 0 Å². The minimum Gasteiger partial charge on any atom is -0.481 e. The van der Waals surface area contributed by atoms with Gasteiger partial charge in [0.15, 0.2) is 0 Å². The van der Waals surface area contributed by atoms with E-state index in [1.165, 1.54) is 0 Å². The molecule has 3 N–H and O–H groups in total. The number of carboxylic acids is 1. The largest absolute Gasteiger partial charge is 0.481 e. The Balaban J connectivity index is 2.30. The van der Waals surface area contributed by atoms with Gasteiger partial charge >= 0.3 is 5.97 Å². The normalized spacial score (nSPS) is 19.5. The molecular weight excluding hydrogens is 190 g/mol. The maximum atomic E-state index is 10.8. The number of hydrogen-bond acceptors (Lipinski definition) is 2. The number of aliphatic carboxylic acids is 1. The molecule has 0 spiro atoms. The van der Waals surface area contributed by atoms with Crippen molar-refractivity contribution in [3.05, 3.63) is 35.9 Å². The molecule has 1 fully saturated rings. The van der Waals surface area contributed by atoms with Crippen molar-refractivity contribution in [3.63, 3.8) is 0 Å². The van der Waals surface area contributed by atoms with Crippen molar-refractivity contribution >= 4 is 5.97 Å². The summed E-state index contributed by atoms with van der Waals surface area (Å²) >= 11 is 0. The quantitative estimate of drug-likeness (QED) is 0.786. The fourth-order valence-electron chi connectivity index (χ4n) is 2.08. The standard InChI is InChI=1S/C12H15NO2/c13-12(8-11(14)15,10-6-7-10)9-4-2-1-3-5-9/h1-5,10H,6-8,13H2,(H,14,15). The first-order chi connectivity index (χ1) is 7.13. The van der Waals surface area contributed by atoms with Gasteiger partial charge in [0.05, 0.1) is 12.0 Å². The summed E-state index contributed by atoms with van der Waals surface area (Å²) in [6.07, 6.45) is 2.10. The molecule has 0 amide bonds. The maximum Gasteiger partial charge on any atom is 0.305 e. The minimum absolute atomic E-state index is 0.0156. The lowest BCUT2D eigenvalue weighted by Gasteiger charge is -2.28. The highest BCUT2D eigenvalue weighted by Gasteiger charge is 2.44. The van der Waals surface area contributed by atoms with Crippen LogP contribution in [0.15, 0.2) is 30.3 Å². The van der Waals surface area contributed by atoms with Crippen LogP contribution in [0.3, 0.4) is 0 Å². The Morgan fingerprint density at radius 1 is 1.40 bits per heavy atom. The third-order valence-electron chi connectivity index (χ3n) is 3.06. The van der Waals surface area contributed by atoms with E-state index in [4.69, 9.17) is 10.8 Å². The zero-order valence-electron chi connectivity index (χ0n) is 8.52. The zero-order valence-corrected chi connectivity index (χ0v) is 8.52. The molecule has 15 heavy (non-hydrogen) atoms. The van der Waals surface area contributed by atoms with Crippen LogP contribution < -0.4 is 5.73 Å². The molecule has 1 unspecified atom stereocenters. The molecule has 1 aliphatic carbocycles. The van der Waals surface area contributed by atoms with E-state index in [2.05, 4.69) is 0 Å². The second-order valence-electron chi connectivity index (χ2n) is 4.25. The zero-order chi connectivity index (χ0) is 10.9. The number of rotatable bonds is 4. The van der Waals surface area contributed by atoms with Gasteiger partial charge in [0, 0.05) is 0 Å². The Morgan fingerprint density at radius 2 is 2.00 bits per heavy atom. The summed E-state index contributed by atoms with van der Waals surface area (Å²) in [5.74, 6) is -0.496. The first kappa shape index (κ1) is 10.2. The number of carbonyl (C=O) groups is 1. The van der Waals surface area contributed by atoms with E-state index in [0.717, 1.165) is 18.4 Å². The molecule has 1 aromatic carbocycles. The third kappa shape index (κ3) is 2.02. The number of carboxylic acid groups (broad SMARTS) is 1. The Hall–Kier alpha value is -1.35. The molecule has 2 rings (SSSR count). The van der Waals surface area contributed by atoms with Crippen LogP contribution in [-0.2, 0) is 10.3 Å². The maximum absolute atomic E-state index is 10.8. The van der Waals surface area contributed by atoms with Gasteiger partial charge in [0.2, 0.25) is 0 Å². The fourth-order valence-corrected chi connectivity index (χ4v) is 2.08. The van der Waals surface area contributed by atoms with Gasteiger partial charge < -0.3 is 10.8 Å². The van der Waals surface area contributed by atoms with Gasteiger partial charge in [-0.15, -0.1) is 0 Å². The van der Waals surface area contributed by atoms with Gasteiger partial charge in [-0.05, 0) is 24.3 Å². The molecule has 3 nitrogen and oxygen atoms in total. The van der Waals surface area contributed by atoms with Crippen molar-refractivity contribution in [1.82, 2.24) is 0 Å². The van der Waals surface area contributed by atoms with Crippen LogP contribution in [0.1, 0.15) is 24.8 Å². The van der Waals surface area contributed by atoms with Crippen molar-refractivity contribution < 1.29 is 9.90 Å². The molecule has 0 bridgehead atoms. The highest BCUT2D eigenvalue weighted by Crippen LogP contribution is 2.45. The van der Waals surface area contributed by atoms with E-state index in [9.17, 15) is 4.79 Å². The summed E-state index contributed by atoms with van der Waals surface area (Å²) in [7, 11) is 0. The summed E-state index contributed by atoms with van der Waals surface area (Å²) in [6.45, 7) is 0. The van der Waals surface area contributed by atoms with E-state index < -0.39 is 11.5 Å². The second kappa shape index (κ2) is 3.66. The molecule has 0 radical (unpaired) electrons. The highest BCUT2D eigenvalue weighted by atomic mass is 16.4. The van der Waals surface area contributed by atoms with Crippen LogP contribution in [0.4, 0.5) is 0 Å². The third-order valence-corrected chi connectivity index (χ3v) is 3.06. The SMILES string of the molecule is NC(CC(=O)O)(c1ccccc1)C1CC1. The van der Waals surface area contributed by atoms with E-state index >= 15 is 0 Å². The smallest absolute Gasteiger partial charge is 0.305 e. The molecule has 0 aliphatic heterocycles. The van der Waals surface area contributed by atoms with Gasteiger partial charge in [-0.25, -0.2) is 0 Å². The topological polar surface area (TPSA) is 63.3 Å². The van der Waals surface area contributed by atoms with Crippen LogP contribution in [0.25, 0.3) is 0 Å². The second-order valence-corrected chi connectivity index (χ2v) is 4.25. The predicted octanol–water partition coefficient (Wildman–Crippen LogP) is 1.73. The number of nitrogens with two attached hydrogens (primary N) is 1. The Bertz CT molecular complexity index is 359. The minimum atomic E-state index is -0.826. The number of hydrogen-bond donors (Lipinski definition) is 2. The lowest BCUT2D eigenvalue weighted by Crippen LogP contribution is -2.41. The average molecular weight is 205 g/mol. The molecule has 1 aliphatic rings. The van der Waals surface area contributed by atoms with Crippen molar-refractivity contribution in [2.24, 2.45) is 11.7 Å². The van der Waals surface area contributed by atoms with Crippen LogP contribution in [0, 0.1) is 5.92 Å². The first-order valence-corrected chi connectivity index (χ1v) is 5.19. The van der Waals surface area contributed by atoms with Gasteiger partial charge in [-0.2, -0.15) is 0 Å². The Kier molecular flexibility index (Phi) is 2.49. The van der Waals surface area contributed by atoms with Gasteiger partial charge in [0.1, 0.15) is 0 Å². The van der Waals surface area contributed by atoms with Gasteiger partial charge in [0.25, 0.3) is 0 Å². The monoisotopic (exact) mass is 205 g/mol. The molecular formula is C12H15NO2. The van der Waals surface area contributed by atoms with Crippen molar-refractivity contribution in [1.29, 1.82) is 0 Å². The van der Waals surface area contributed by atoms with E-state index in [1.807, 2.05) is 30.3 Å². The summed E-state index contributed by atoms with van der Waals surface area (Å²) in [5, 5.41) is 8.91. The van der Waals surface area contributed by atoms with Crippen LogP contribution in [-0.4, -0.2) is 11.1 Å². The predicted molar refractivity (Wildman–Crippen MR) is 57.3 cm³/mol. The fraction of sp³-hybridized carbons (Fsp3) is 0.417. The molecule has 0 heterocycles. The van der Waals surface area contributed by atoms with Crippen molar-refractivity contribution in [3.8, 4) is 0 Å². The average Bonchev–Trinajstić information content (AvgIpc) is 3.01. The summed E-state index contributed by atoms with van der Waals surface area (Å²) < 4.78 is 0. The lowest BCUT2D eigenvalue weighted by atomic mass is 9.83. The van der Waals surface area contributed by atoms with Crippen LogP contribution in [0.5, 0.6) is 0 Å². The molecule has 3 heteroatoms. The molecule has 80 valence electrons. The summed E-state index contributed by atoms with van der Waals surface area (Å²) in [4.78, 5) is 10.8. The van der Waals surface area contributed by atoms with E-state index in [1.54, 1.807) is 0 Å². The van der Waals surface area contributed by atoms with Crippen molar-refractivity contribution in [2.45, 2.75) is 24.8 Å². The summed E-state index contributed by atoms with van der Waals surface area (Å²) in [5.41, 5.74) is 6.51. The lowest BCUT2D eigenvalue weighted by molar-refractivity contribution is -0.138. The highest BCUT2D eigenvalue weighted by molar-refractivity contribution is 5.69. The van der Waals surface area contributed by atoms with Gasteiger partial charge in [-0.1, -0.05) is 30.3 Å².